The first-order chi connectivity index (χ1) is 8.40. The smallest absolute Gasteiger partial charge is 0.129 e. The van der Waals surface area contributed by atoms with Crippen LogP contribution < -0.4 is 10.1 Å². The van der Waals surface area contributed by atoms with Gasteiger partial charge in [0.15, 0.2) is 0 Å². The fourth-order valence-electron chi connectivity index (χ4n) is 1.59. The highest BCUT2D eigenvalue weighted by atomic mass is 19.1. The zero-order valence-corrected chi connectivity index (χ0v) is 12.0. The van der Waals surface area contributed by atoms with Crippen LogP contribution in [0.2, 0.25) is 0 Å². The predicted molar refractivity (Wildman–Crippen MR) is 73.5 cm³/mol. The summed E-state index contributed by atoms with van der Waals surface area (Å²) in [6.45, 7) is 10.9. The summed E-state index contributed by atoms with van der Waals surface area (Å²) in [5.74, 6) is 0.759. The molecule has 0 saturated carbocycles. The van der Waals surface area contributed by atoms with E-state index >= 15 is 0 Å². The second-order valence-electron chi connectivity index (χ2n) is 5.37. The largest absolute Gasteiger partial charge is 0.489 e. The highest BCUT2D eigenvalue weighted by Gasteiger charge is 2.16. The van der Waals surface area contributed by atoms with Crippen LogP contribution in [0.25, 0.3) is 0 Å². The first-order valence-electron chi connectivity index (χ1n) is 6.56. The van der Waals surface area contributed by atoms with Crippen LogP contribution in [-0.2, 0) is 0 Å². The van der Waals surface area contributed by atoms with Crippen molar-refractivity contribution < 1.29 is 9.13 Å². The standard InChI is InChI=1S/C15H24FNO/c1-10(2)15(9-17-11(3)4)18-13-7-6-12(5)14(16)8-13/h6-8,10-11,15,17H,9H2,1-5H3. The molecule has 18 heavy (non-hydrogen) atoms. The van der Waals surface area contributed by atoms with Crippen LogP contribution in [0.1, 0.15) is 33.3 Å². The molecule has 3 heteroatoms. The van der Waals surface area contributed by atoms with Crippen LogP contribution in [0, 0.1) is 18.7 Å². The molecular weight excluding hydrogens is 229 g/mol. The number of halogens is 1. The van der Waals surface area contributed by atoms with Gasteiger partial charge in [-0.3, -0.25) is 0 Å². The minimum atomic E-state index is -0.216. The van der Waals surface area contributed by atoms with E-state index in [-0.39, 0.29) is 11.9 Å². The van der Waals surface area contributed by atoms with Gasteiger partial charge in [0.2, 0.25) is 0 Å². The second-order valence-corrected chi connectivity index (χ2v) is 5.37. The number of nitrogens with one attached hydrogen (secondary N) is 1. The first-order valence-corrected chi connectivity index (χ1v) is 6.56. The third-order valence-electron chi connectivity index (χ3n) is 2.90. The van der Waals surface area contributed by atoms with Crippen LogP contribution >= 0.6 is 0 Å². The zero-order chi connectivity index (χ0) is 13.7. The summed E-state index contributed by atoms with van der Waals surface area (Å²) in [5, 5.41) is 3.35. The van der Waals surface area contributed by atoms with Crippen LogP contribution in [0.5, 0.6) is 5.75 Å². The van der Waals surface area contributed by atoms with E-state index in [1.54, 1.807) is 13.0 Å². The predicted octanol–water partition coefficient (Wildman–Crippen LogP) is 3.54. The maximum Gasteiger partial charge on any atom is 0.129 e. The Labute approximate surface area is 110 Å². The summed E-state index contributed by atoms with van der Waals surface area (Å²) in [6, 6.07) is 5.45. The van der Waals surface area contributed by atoms with Crippen molar-refractivity contribution in [1.82, 2.24) is 5.32 Å². The molecule has 0 bridgehead atoms. The van der Waals surface area contributed by atoms with Gasteiger partial charge in [0.05, 0.1) is 0 Å². The molecule has 0 aliphatic rings. The number of hydrogen-bond acceptors (Lipinski definition) is 2. The third kappa shape index (κ3) is 4.65. The molecule has 0 heterocycles. The Morgan fingerprint density at radius 1 is 1.22 bits per heavy atom. The minimum absolute atomic E-state index is 0.0505. The summed E-state index contributed by atoms with van der Waals surface area (Å²) < 4.78 is 19.3. The van der Waals surface area contributed by atoms with E-state index in [2.05, 4.69) is 33.0 Å². The molecule has 102 valence electrons. The quantitative estimate of drug-likeness (QED) is 0.837. The number of aryl methyl sites for hydroxylation is 1. The van der Waals surface area contributed by atoms with Gasteiger partial charge >= 0.3 is 0 Å². The summed E-state index contributed by atoms with van der Waals surface area (Å²) in [6.07, 6.45) is 0.0505. The number of ether oxygens (including phenoxy) is 1. The lowest BCUT2D eigenvalue weighted by molar-refractivity contribution is 0.146. The van der Waals surface area contributed by atoms with Gasteiger partial charge in [-0.05, 0) is 24.5 Å². The topological polar surface area (TPSA) is 21.3 Å². The molecular formula is C15H24FNO. The van der Waals surface area contributed by atoms with Gasteiger partial charge in [0.25, 0.3) is 0 Å². The highest BCUT2D eigenvalue weighted by Crippen LogP contribution is 2.19. The van der Waals surface area contributed by atoms with E-state index in [0.29, 0.717) is 23.3 Å². The minimum Gasteiger partial charge on any atom is -0.489 e. The maximum absolute atomic E-state index is 13.4. The molecule has 1 rings (SSSR count). The lowest BCUT2D eigenvalue weighted by atomic mass is 10.1. The lowest BCUT2D eigenvalue weighted by Crippen LogP contribution is -2.38. The molecule has 0 aromatic heterocycles. The van der Waals surface area contributed by atoms with Gasteiger partial charge in [-0.2, -0.15) is 0 Å². The molecule has 0 fully saturated rings. The maximum atomic E-state index is 13.4. The van der Waals surface area contributed by atoms with Crippen molar-refractivity contribution in [2.24, 2.45) is 5.92 Å². The number of rotatable bonds is 6. The summed E-state index contributed by atoms with van der Waals surface area (Å²) in [4.78, 5) is 0. The fourth-order valence-corrected chi connectivity index (χ4v) is 1.59. The van der Waals surface area contributed by atoms with Crippen LogP contribution in [0.3, 0.4) is 0 Å². The van der Waals surface area contributed by atoms with E-state index in [1.165, 1.54) is 6.07 Å². The lowest BCUT2D eigenvalue weighted by Gasteiger charge is -2.24. The average Bonchev–Trinajstić information content (AvgIpc) is 2.28. The van der Waals surface area contributed by atoms with E-state index in [9.17, 15) is 4.39 Å². The van der Waals surface area contributed by atoms with Gasteiger partial charge in [-0.1, -0.05) is 33.8 Å². The Morgan fingerprint density at radius 3 is 2.39 bits per heavy atom. The zero-order valence-electron chi connectivity index (χ0n) is 12.0. The summed E-state index contributed by atoms with van der Waals surface area (Å²) in [7, 11) is 0. The Kier molecular flexibility index (Phi) is 5.60. The van der Waals surface area contributed by atoms with Crippen molar-refractivity contribution in [3.63, 3.8) is 0 Å². The number of benzene rings is 1. The molecule has 2 nitrogen and oxygen atoms in total. The Morgan fingerprint density at radius 2 is 1.89 bits per heavy atom. The normalized spacial score (nSPS) is 13.1. The van der Waals surface area contributed by atoms with Crippen molar-refractivity contribution in [2.75, 3.05) is 6.54 Å². The van der Waals surface area contributed by atoms with Crippen LogP contribution in [0.4, 0.5) is 4.39 Å². The van der Waals surface area contributed by atoms with Crippen LogP contribution in [0.15, 0.2) is 18.2 Å². The molecule has 1 unspecified atom stereocenters. The summed E-state index contributed by atoms with van der Waals surface area (Å²) >= 11 is 0. The van der Waals surface area contributed by atoms with E-state index in [0.717, 1.165) is 6.54 Å². The van der Waals surface area contributed by atoms with Gasteiger partial charge in [-0.15, -0.1) is 0 Å². The van der Waals surface area contributed by atoms with E-state index < -0.39 is 0 Å². The van der Waals surface area contributed by atoms with Crippen molar-refractivity contribution in [3.8, 4) is 5.75 Å². The third-order valence-corrected chi connectivity index (χ3v) is 2.90. The molecule has 0 spiro atoms. The van der Waals surface area contributed by atoms with Gasteiger partial charge < -0.3 is 10.1 Å². The molecule has 1 atom stereocenters. The Bertz CT molecular complexity index is 377. The second kappa shape index (κ2) is 6.74. The van der Waals surface area contributed by atoms with E-state index in [1.807, 2.05) is 6.07 Å². The fraction of sp³-hybridized carbons (Fsp3) is 0.600. The van der Waals surface area contributed by atoms with Crippen LogP contribution in [-0.4, -0.2) is 18.7 Å². The molecule has 0 radical (unpaired) electrons. The van der Waals surface area contributed by atoms with Crippen molar-refractivity contribution in [3.05, 3.63) is 29.6 Å². The number of hydrogen-bond donors (Lipinski definition) is 1. The Hall–Kier alpha value is -1.09. The van der Waals surface area contributed by atoms with Crippen molar-refractivity contribution in [2.45, 2.75) is 46.8 Å². The summed E-state index contributed by atoms with van der Waals surface area (Å²) in [5.41, 5.74) is 0.642. The molecule has 0 amide bonds. The SMILES string of the molecule is Cc1ccc(OC(CNC(C)C)C(C)C)cc1F. The van der Waals surface area contributed by atoms with E-state index in [4.69, 9.17) is 4.74 Å². The average molecular weight is 253 g/mol. The van der Waals surface area contributed by atoms with Gasteiger partial charge in [-0.25, -0.2) is 4.39 Å². The highest BCUT2D eigenvalue weighted by molar-refractivity contribution is 5.28. The molecule has 1 N–H and O–H groups in total. The monoisotopic (exact) mass is 253 g/mol. The Balaban J connectivity index is 2.67. The molecule has 1 aromatic carbocycles. The molecule has 0 aliphatic heterocycles. The molecule has 1 aromatic rings. The van der Waals surface area contributed by atoms with Crippen molar-refractivity contribution in [1.29, 1.82) is 0 Å². The van der Waals surface area contributed by atoms with Gasteiger partial charge in [0, 0.05) is 18.7 Å². The van der Waals surface area contributed by atoms with Gasteiger partial charge in [0.1, 0.15) is 17.7 Å². The molecule has 0 saturated heterocycles. The first kappa shape index (κ1) is 15.0. The van der Waals surface area contributed by atoms with Crippen molar-refractivity contribution >= 4 is 0 Å². The molecule has 0 aliphatic carbocycles.